The molecule has 0 aliphatic carbocycles. The fourth-order valence-electron chi connectivity index (χ4n) is 3.71. The van der Waals surface area contributed by atoms with E-state index in [0.29, 0.717) is 4.90 Å². The van der Waals surface area contributed by atoms with Crippen LogP contribution in [-0.2, 0) is 14.5 Å². The van der Waals surface area contributed by atoms with Crippen LogP contribution in [0.1, 0.15) is 41.2 Å². The van der Waals surface area contributed by atoms with Gasteiger partial charge in [0.15, 0.2) is 0 Å². The van der Waals surface area contributed by atoms with E-state index in [4.69, 9.17) is 9.52 Å². The van der Waals surface area contributed by atoms with Gasteiger partial charge in [-0.25, -0.2) is 8.99 Å². The molecule has 2 aromatic carbocycles. The Hall–Kier alpha value is -0.690. The van der Waals surface area contributed by atoms with Crippen LogP contribution >= 0.6 is 31.9 Å². The van der Waals surface area contributed by atoms with E-state index in [2.05, 4.69) is 44.0 Å². The topological polar surface area (TPSA) is 50.2 Å². The lowest BCUT2D eigenvalue weighted by Gasteiger charge is -2.24. The summed E-state index contributed by atoms with van der Waals surface area (Å²) in [6, 6.07) is 11.9. The molecule has 0 saturated carbocycles. The van der Waals surface area contributed by atoms with Gasteiger partial charge in [-0.2, -0.15) is 0 Å². The number of halogens is 2. The fraction of sp³-hybridized carbons (Fsp3) is 0.294. The third kappa shape index (κ3) is 2.51. The van der Waals surface area contributed by atoms with Crippen LogP contribution in [0.5, 0.6) is 0 Å². The summed E-state index contributed by atoms with van der Waals surface area (Å²) in [6.07, 6.45) is 2.42. The first-order valence-corrected chi connectivity index (χ1v) is 10.9. The maximum absolute atomic E-state index is 12.3. The van der Waals surface area contributed by atoms with E-state index in [0.717, 1.165) is 20.9 Å². The van der Waals surface area contributed by atoms with Crippen molar-refractivity contribution in [2.75, 3.05) is 6.26 Å². The van der Waals surface area contributed by atoms with E-state index in [1.165, 1.54) is 17.4 Å². The van der Waals surface area contributed by atoms with E-state index in [1.807, 2.05) is 24.3 Å². The molecule has 4 atom stereocenters. The summed E-state index contributed by atoms with van der Waals surface area (Å²) in [6.45, 7) is 0. The molecule has 6 heteroatoms. The highest BCUT2D eigenvalue weighted by molar-refractivity contribution is 9.13. The van der Waals surface area contributed by atoms with Gasteiger partial charge in [-0.3, -0.25) is 0 Å². The number of benzene rings is 2. The lowest BCUT2D eigenvalue weighted by Crippen LogP contribution is -2.13. The lowest BCUT2D eigenvalue weighted by molar-refractivity contribution is 0.0673. The van der Waals surface area contributed by atoms with Crippen LogP contribution in [0, 0.1) is 4.78 Å². The first kappa shape index (κ1) is 15.8. The minimum atomic E-state index is -2.75. The third-order valence-electron chi connectivity index (χ3n) is 4.66. The predicted octanol–water partition coefficient (Wildman–Crippen LogP) is 5.55. The number of hydrogen-bond acceptors (Lipinski definition) is 3. The van der Waals surface area contributed by atoms with Crippen molar-refractivity contribution >= 4 is 41.6 Å². The van der Waals surface area contributed by atoms with Gasteiger partial charge < -0.3 is 4.74 Å². The Kier molecular flexibility index (Phi) is 3.72. The number of rotatable bonds is 2. The zero-order valence-corrected chi connectivity index (χ0v) is 16.4. The van der Waals surface area contributed by atoms with Crippen molar-refractivity contribution in [3.05, 3.63) is 62.0 Å². The largest absolute Gasteiger partial charge is 0.365 e. The molecule has 23 heavy (non-hydrogen) atoms. The molecule has 2 bridgehead atoms. The molecule has 4 rings (SSSR count). The highest BCUT2D eigenvalue weighted by Crippen LogP contribution is 2.59. The molecule has 2 heterocycles. The van der Waals surface area contributed by atoms with Gasteiger partial charge in [0, 0.05) is 21.1 Å². The molecule has 0 spiro atoms. The molecule has 3 nitrogen and oxygen atoms in total. The van der Waals surface area contributed by atoms with Gasteiger partial charge in [-0.05, 0) is 73.2 Å². The molecule has 2 aromatic rings. The van der Waals surface area contributed by atoms with Crippen molar-refractivity contribution in [1.82, 2.24) is 0 Å². The summed E-state index contributed by atoms with van der Waals surface area (Å²) in [4.78, 5) is 0.638. The maximum Gasteiger partial charge on any atom is 0.0907 e. The van der Waals surface area contributed by atoms with Gasteiger partial charge in [-0.1, -0.05) is 18.2 Å². The molecular formula is C17H15Br2NO2S. The predicted molar refractivity (Wildman–Crippen MR) is 97.3 cm³/mol. The van der Waals surface area contributed by atoms with Crippen LogP contribution in [0.15, 0.2) is 50.2 Å². The van der Waals surface area contributed by atoms with E-state index >= 15 is 0 Å². The van der Waals surface area contributed by atoms with Gasteiger partial charge in [0.25, 0.3) is 0 Å². The molecule has 2 aliphatic heterocycles. The van der Waals surface area contributed by atoms with Crippen molar-refractivity contribution in [1.29, 1.82) is 4.78 Å². The van der Waals surface area contributed by atoms with E-state index in [9.17, 15) is 4.21 Å². The van der Waals surface area contributed by atoms with Crippen molar-refractivity contribution in [3.63, 3.8) is 0 Å². The van der Waals surface area contributed by atoms with Crippen LogP contribution in [0.2, 0.25) is 0 Å². The Labute approximate surface area is 152 Å². The lowest BCUT2D eigenvalue weighted by atomic mass is 9.80. The van der Waals surface area contributed by atoms with Crippen molar-refractivity contribution in [2.45, 2.75) is 29.4 Å². The summed E-state index contributed by atoms with van der Waals surface area (Å²) in [5.74, 6) is 0.155. The molecule has 1 saturated heterocycles. The molecule has 2 aliphatic rings. The quantitative estimate of drug-likeness (QED) is 0.644. The minimum Gasteiger partial charge on any atom is -0.365 e. The average Bonchev–Trinajstić information content (AvgIpc) is 3.06. The van der Waals surface area contributed by atoms with Gasteiger partial charge >= 0.3 is 0 Å². The zero-order chi connectivity index (χ0) is 16.4. The zero-order valence-electron chi connectivity index (χ0n) is 12.4. The van der Waals surface area contributed by atoms with Gasteiger partial charge in [0.2, 0.25) is 0 Å². The summed E-state index contributed by atoms with van der Waals surface area (Å²) < 4.78 is 28.6. The second-order valence-corrected chi connectivity index (χ2v) is 10.0. The average molecular weight is 457 g/mol. The number of nitrogens with one attached hydrogen (secondary N) is 1. The molecule has 1 N–H and O–H groups in total. The smallest absolute Gasteiger partial charge is 0.0907 e. The summed E-state index contributed by atoms with van der Waals surface area (Å²) in [5, 5.41) is 0. The summed E-state index contributed by atoms with van der Waals surface area (Å²) >= 11 is 7.12. The maximum atomic E-state index is 12.3. The van der Waals surface area contributed by atoms with Gasteiger partial charge in [0.1, 0.15) is 0 Å². The fourth-order valence-corrected chi connectivity index (χ4v) is 5.44. The molecule has 0 aromatic heterocycles. The van der Waals surface area contributed by atoms with Crippen LogP contribution in [-0.4, -0.2) is 10.5 Å². The molecular weight excluding hydrogens is 442 g/mol. The Bertz CT molecular complexity index is 911. The molecule has 0 radical (unpaired) electrons. The summed E-state index contributed by atoms with van der Waals surface area (Å²) in [5.41, 5.74) is 3.43. The van der Waals surface area contributed by atoms with Crippen molar-refractivity contribution in [3.8, 4) is 0 Å². The van der Waals surface area contributed by atoms with Crippen LogP contribution < -0.4 is 0 Å². The normalized spacial score (nSPS) is 27.7. The van der Waals surface area contributed by atoms with Crippen LogP contribution in [0.4, 0.5) is 0 Å². The molecule has 1 fully saturated rings. The van der Waals surface area contributed by atoms with Crippen molar-refractivity contribution < 1.29 is 8.95 Å². The van der Waals surface area contributed by atoms with Gasteiger partial charge in [0.05, 0.1) is 26.8 Å². The van der Waals surface area contributed by atoms with Gasteiger partial charge in [-0.15, -0.1) is 0 Å². The van der Waals surface area contributed by atoms with E-state index in [1.54, 1.807) is 0 Å². The van der Waals surface area contributed by atoms with Crippen LogP contribution in [0.25, 0.3) is 0 Å². The molecule has 120 valence electrons. The first-order chi connectivity index (χ1) is 10.9. The SMILES string of the molecule is CS(=N)(=O)c1ccccc1[C@@H]1CC2OC1c1cc(Br)c(Br)cc12. The second kappa shape index (κ2) is 5.41. The molecule has 3 unspecified atom stereocenters. The Balaban J connectivity index is 1.82. The van der Waals surface area contributed by atoms with E-state index < -0.39 is 9.73 Å². The summed E-state index contributed by atoms with van der Waals surface area (Å²) in [7, 11) is -2.75. The number of fused-ring (bicyclic) bond motifs is 5. The number of ether oxygens (including phenoxy) is 1. The monoisotopic (exact) mass is 455 g/mol. The Morgan fingerprint density at radius 3 is 2.48 bits per heavy atom. The van der Waals surface area contributed by atoms with Crippen LogP contribution in [0.3, 0.4) is 0 Å². The van der Waals surface area contributed by atoms with Crippen molar-refractivity contribution in [2.24, 2.45) is 0 Å². The van der Waals surface area contributed by atoms with E-state index in [-0.39, 0.29) is 18.1 Å². The minimum absolute atomic E-state index is 0.0256. The Morgan fingerprint density at radius 2 is 1.78 bits per heavy atom. The first-order valence-electron chi connectivity index (χ1n) is 7.33. The number of hydrogen-bond donors (Lipinski definition) is 1. The highest BCUT2D eigenvalue weighted by Gasteiger charge is 2.46. The second-order valence-electron chi connectivity index (χ2n) is 6.16. The third-order valence-corrected chi connectivity index (χ3v) is 7.72. The highest BCUT2D eigenvalue weighted by atomic mass is 79.9. The molecule has 0 amide bonds. The standard InChI is InChI=1S/C17H15Br2NO2S/c1-23(20,21)16-5-3-2-4-9(16)12-8-15-10-6-13(18)14(19)7-11(10)17(12)22-15/h2-7,12,15,17,20H,8H2,1H3/t12-,15?,17?,23?/m0/s1. The Morgan fingerprint density at radius 1 is 1.13 bits per heavy atom.